The van der Waals surface area contributed by atoms with Crippen LogP contribution in [0.15, 0.2) is 42.7 Å². The number of aromatic nitrogens is 1. The summed E-state index contributed by atoms with van der Waals surface area (Å²) in [6.45, 7) is 0.813. The highest BCUT2D eigenvalue weighted by molar-refractivity contribution is 5.51. The normalized spacial score (nSPS) is 13.7. The Bertz CT molecular complexity index is 445. The Balaban J connectivity index is 2.20. The van der Waals surface area contributed by atoms with Crippen LogP contribution < -0.4 is 4.74 Å². The Kier molecular flexibility index (Phi) is 1.60. The van der Waals surface area contributed by atoms with E-state index >= 15 is 0 Å². The van der Waals surface area contributed by atoms with Crippen LogP contribution in [0.4, 0.5) is 0 Å². The summed E-state index contributed by atoms with van der Waals surface area (Å²) in [7, 11) is 0. The van der Waals surface area contributed by atoms with E-state index < -0.39 is 0 Å². The number of hydrogen-bond acceptors (Lipinski definition) is 1. The van der Waals surface area contributed by atoms with Crippen molar-refractivity contribution in [1.29, 1.82) is 0 Å². The second kappa shape index (κ2) is 2.91. The largest absolute Gasteiger partial charge is 0.493 e. The van der Waals surface area contributed by atoms with Gasteiger partial charge in [-0.3, -0.25) is 0 Å². The predicted octanol–water partition coefficient (Wildman–Crippen LogP) is 2.41. The average molecular weight is 185 g/mol. The third kappa shape index (κ3) is 1.04. The monoisotopic (exact) mass is 185 g/mol. The van der Waals surface area contributed by atoms with Crippen LogP contribution in [0.3, 0.4) is 0 Å². The van der Waals surface area contributed by atoms with Crippen molar-refractivity contribution in [2.24, 2.45) is 0 Å². The molecule has 1 aliphatic rings. The molecule has 0 N–H and O–H groups in total. The molecule has 0 atom stereocenters. The number of fused-ring (bicyclic) bond motifs is 1. The van der Waals surface area contributed by atoms with Gasteiger partial charge in [0.1, 0.15) is 5.75 Å². The smallest absolute Gasteiger partial charge is 0.124 e. The van der Waals surface area contributed by atoms with Gasteiger partial charge in [0.25, 0.3) is 0 Å². The van der Waals surface area contributed by atoms with Gasteiger partial charge in [0.15, 0.2) is 0 Å². The summed E-state index contributed by atoms with van der Waals surface area (Å²) < 4.78 is 7.66. The number of ether oxygens (including phenoxy) is 1. The number of hydrogen-bond donors (Lipinski definition) is 0. The van der Waals surface area contributed by atoms with Gasteiger partial charge < -0.3 is 9.30 Å². The lowest BCUT2D eigenvalue weighted by Crippen LogP contribution is -1.94. The first-order valence-corrected chi connectivity index (χ1v) is 4.83. The zero-order valence-corrected chi connectivity index (χ0v) is 7.81. The van der Waals surface area contributed by atoms with Crippen LogP contribution in [0, 0.1) is 0 Å². The molecule has 70 valence electrons. The fraction of sp³-hybridized carbons (Fsp3) is 0.167. The second-order valence-electron chi connectivity index (χ2n) is 3.44. The van der Waals surface area contributed by atoms with Crippen LogP contribution in [-0.4, -0.2) is 11.2 Å². The Morgan fingerprint density at radius 1 is 1.07 bits per heavy atom. The van der Waals surface area contributed by atoms with Crippen molar-refractivity contribution in [2.45, 2.75) is 6.42 Å². The van der Waals surface area contributed by atoms with Gasteiger partial charge in [0.05, 0.1) is 12.3 Å². The van der Waals surface area contributed by atoms with Crippen LogP contribution >= 0.6 is 0 Å². The van der Waals surface area contributed by atoms with Crippen LogP contribution in [0.25, 0.3) is 5.69 Å². The number of benzene rings is 1. The maximum atomic E-state index is 5.52. The minimum atomic E-state index is 0.813. The molecular weight excluding hydrogens is 174 g/mol. The Hall–Kier alpha value is -1.70. The maximum absolute atomic E-state index is 5.52. The Morgan fingerprint density at radius 2 is 1.93 bits per heavy atom. The number of rotatable bonds is 1. The summed E-state index contributed by atoms with van der Waals surface area (Å²) in [5.41, 5.74) is 2.56. The van der Waals surface area contributed by atoms with Gasteiger partial charge in [-0.2, -0.15) is 0 Å². The highest BCUT2D eigenvalue weighted by Crippen LogP contribution is 2.30. The van der Waals surface area contributed by atoms with Crippen LogP contribution in [0.2, 0.25) is 0 Å². The first kappa shape index (κ1) is 7.68. The van der Waals surface area contributed by atoms with E-state index in [1.54, 1.807) is 0 Å². The minimum absolute atomic E-state index is 0.813. The zero-order valence-electron chi connectivity index (χ0n) is 7.81. The fourth-order valence-corrected chi connectivity index (χ4v) is 1.94. The molecule has 0 spiro atoms. The molecule has 0 unspecified atom stereocenters. The van der Waals surface area contributed by atoms with E-state index in [1.807, 2.05) is 24.3 Å². The molecule has 0 saturated heterocycles. The summed E-state index contributed by atoms with van der Waals surface area (Å²) in [6, 6.07) is 10.3. The van der Waals surface area contributed by atoms with Crippen molar-refractivity contribution in [1.82, 2.24) is 4.57 Å². The molecule has 2 heterocycles. The third-order valence-corrected chi connectivity index (χ3v) is 2.60. The van der Waals surface area contributed by atoms with E-state index in [9.17, 15) is 0 Å². The quantitative estimate of drug-likeness (QED) is 0.665. The Labute approximate surface area is 82.7 Å². The minimum Gasteiger partial charge on any atom is -0.493 e. The van der Waals surface area contributed by atoms with Gasteiger partial charge in [0, 0.05) is 24.4 Å². The van der Waals surface area contributed by atoms with Crippen molar-refractivity contribution < 1.29 is 4.74 Å². The molecular formula is C12H11NO. The first-order chi connectivity index (χ1) is 6.95. The summed E-state index contributed by atoms with van der Waals surface area (Å²) in [4.78, 5) is 0. The highest BCUT2D eigenvalue weighted by atomic mass is 16.5. The molecule has 0 saturated carbocycles. The Morgan fingerprint density at radius 3 is 2.79 bits per heavy atom. The topological polar surface area (TPSA) is 14.2 Å². The molecule has 14 heavy (non-hydrogen) atoms. The van der Waals surface area contributed by atoms with Crippen molar-refractivity contribution in [3.8, 4) is 11.4 Å². The molecule has 1 aromatic heterocycles. The summed E-state index contributed by atoms with van der Waals surface area (Å²) in [5.74, 6) is 1.04. The van der Waals surface area contributed by atoms with Gasteiger partial charge in [-0.05, 0) is 24.3 Å². The lowest BCUT2D eigenvalue weighted by molar-refractivity contribution is 0.357. The SMILES string of the molecule is c1cc2c(c(-n3cccc3)c1)CCO2. The van der Waals surface area contributed by atoms with E-state index in [-0.39, 0.29) is 0 Å². The summed E-state index contributed by atoms with van der Waals surface area (Å²) in [6.07, 6.45) is 5.14. The lowest BCUT2D eigenvalue weighted by Gasteiger charge is -2.07. The number of nitrogens with zero attached hydrogens (tertiary/aromatic N) is 1. The summed E-state index contributed by atoms with van der Waals surface area (Å²) in [5, 5.41) is 0. The van der Waals surface area contributed by atoms with Crippen LogP contribution in [-0.2, 0) is 6.42 Å². The highest BCUT2D eigenvalue weighted by Gasteiger charge is 2.15. The van der Waals surface area contributed by atoms with E-state index in [2.05, 4.69) is 23.0 Å². The predicted molar refractivity (Wildman–Crippen MR) is 55.0 cm³/mol. The van der Waals surface area contributed by atoms with Crippen LogP contribution in [0.5, 0.6) is 5.75 Å². The first-order valence-electron chi connectivity index (χ1n) is 4.83. The summed E-state index contributed by atoms with van der Waals surface area (Å²) >= 11 is 0. The third-order valence-electron chi connectivity index (χ3n) is 2.60. The van der Waals surface area contributed by atoms with Crippen molar-refractivity contribution >= 4 is 0 Å². The lowest BCUT2D eigenvalue weighted by atomic mass is 10.1. The van der Waals surface area contributed by atoms with E-state index in [4.69, 9.17) is 4.74 Å². The van der Waals surface area contributed by atoms with Gasteiger partial charge in [0.2, 0.25) is 0 Å². The van der Waals surface area contributed by atoms with Gasteiger partial charge >= 0.3 is 0 Å². The maximum Gasteiger partial charge on any atom is 0.124 e. The molecule has 0 aliphatic carbocycles. The van der Waals surface area contributed by atoms with Crippen molar-refractivity contribution in [3.63, 3.8) is 0 Å². The molecule has 0 radical (unpaired) electrons. The van der Waals surface area contributed by atoms with E-state index in [0.717, 1.165) is 18.8 Å². The van der Waals surface area contributed by atoms with Crippen molar-refractivity contribution in [2.75, 3.05) is 6.61 Å². The van der Waals surface area contributed by atoms with Gasteiger partial charge in [-0.25, -0.2) is 0 Å². The van der Waals surface area contributed by atoms with Gasteiger partial charge in [-0.15, -0.1) is 0 Å². The van der Waals surface area contributed by atoms with Gasteiger partial charge in [-0.1, -0.05) is 6.07 Å². The molecule has 0 bridgehead atoms. The molecule has 1 aliphatic heterocycles. The van der Waals surface area contributed by atoms with Crippen LogP contribution in [0.1, 0.15) is 5.56 Å². The molecule has 2 heteroatoms. The van der Waals surface area contributed by atoms with E-state index in [1.165, 1.54) is 11.3 Å². The zero-order chi connectivity index (χ0) is 9.38. The molecule has 2 aromatic rings. The molecule has 0 amide bonds. The average Bonchev–Trinajstić information content (AvgIpc) is 2.88. The fourth-order valence-electron chi connectivity index (χ4n) is 1.94. The molecule has 2 nitrogen and oxygen atoms in total. The molecule has 3 rings (SSSR count). The second-order valence-corrected chi connectivity index (χ2v) is 3.44. The molecule has 0 fully saturated rings. The standard InChI is InChI=1S/C12H11NO/c1-2-8-13(7-1)11-4-3-5-12-10(11)6-9-14-12/h1-5,7-8H,6,9H2. The van der Waals surface area contributed by atoms with E-state index in [0.29, 0.717) is 0 Å². The molecule has 1 aromatic carbocycles. The van der Waals surface area contributed by atoms with Crippen molar-refractivity contribution in [3.05, 3.63) is 48.3 Å².